The lowest BCUT2D eigenvalue weighted by Gasteiger charge is -2.65. The minimum atomic E-state index is -0.710. The van der Waals surface area contributed by atoms with Crippen molar-refractivity contribution >= 4 is 12.0 Å². The van der Waals surface area contributed by atoms with Crippen LogP contribution in [0.5, 0.6) is 11.5 Å². The summed E-state index contributed by atoms with van der Waals surface area (Å²) < 4.78 is 19.5. The quantitative estimate of drug-likeness (QED) is 0.359. The van der Waals surface area contributed by atoms with Crippen molar-refractivity contribution in [3.63, 3.8) is 0 Å². The fourth-order valence-electron chi connectivity index (χ4n) is 7.95. The molecule has 4 atom stereocenters. The maximum Gasteiger partial charge on any atom is 0.417 e. The van der Waals surface area contributed by atoms with E-state index in [1.54, 1.807) is 0 Å². The highest BCUT2D eigenvalue weighted by Crippen LogP contribution is 2.65. The lowest BCUT2D eigenvalue weighted by atomic mass is 9.45. The lowest BCUT2D eigenvalue weighted by molar-refractivity contribution is -0.186. The first-order chi connectivity index (χ1) is 19.3. The number of rotatable bonds is 3. The summed E-state index contributed by atoms with van der Waals surface area (Å²) >= 11 is 0. The standard InChI is InChI=1S/C35H43NO5/c1-22-14-15-28-33(5,6)16-11-17-35(28)34(22,7)19-25-27(39-21-23-12-9-8-10-13-23)18-24-26(29(25)40-35)20-36(30(24)37)31(38)41-32(2,3)4/h8-13,16,18,22,28H,14-15,17,19-21H2,1-7H3/t22-,28-,34+,35-/m0/s1. The predicted octanol–water partition coefficient (Wildman–Crippen LogP) is 7.87. The number of ether oxygens (including phenoxy) is 3. The maximum atomic E-state index is 13.7. The molecule has 0 unspecified atom stereocenters. The number of imide groups is 1. The van der Waals surface area contributed by atoms with E-state index in [1.807, 2.05) is 57.2 Å². The largest absolute Gasteiger partial charge is 0.488 e. The first kappa shape index (κ1) is 27.9. The number of hydrogen-bond donors (Lipinski definition) is 0. The zero-order chi connectivity index (χ0) is 29.4. The van der Waals surface area contributed by atoms with Crippen molar-refractivity contribution in [3.8, 4) is 11.5 Å². The van der Waals surface area contributed by atoms with Gasteiger partial charge in [-0.3, -0.25) is 4.79 Å². The molecule has 218 valence electrons. The Morgan fingerprint density at radius 3 is 2.54 bits per heavy atom. The summed E-state index contributed by atoms with van der Waals surface area (Å²) in [4.78, 5) is 28.1. The molecule has 6 rings (SSSR count). The van der Waals surface area contributed by atoms with Crippen LogP contribution >= 0.6 is 0 Å². The van der Waals surface area contributed by atoms with Gasteiger partial charge < -0.3 is 14.2 Å². The van der Waals surface area contributed by atoms with Crippen LogP contribution in [0.1, 0.15) is 94.8 Å². The van der Waals surface area contributed by atoms with Crippen LogP contribution in [0.3, 0.4) is 0 Å². The fraction of sp³-hybridized carbons (Fsp3) is 0.543. The minimum Gasteiger partial charge on any atom is -0.488 e. The average Bonchev–Trinajstić information content (AvgIpc) is 3.23. The third kappa shape index (κ3) is 4.36. The van der Waals surface area contributed by atoms with Gasteiger partial charge in [0.05, 0.1) is 12.1 Å². The molecular formula is C35H43NO5. The van der Waals surface area contributed by atoms with Gasteiger partial charge in [-0.2, -0.15) is 0 Å². The molecule has 4 aliphatic rings. The highest BCUT2D eigenvalue weighted by Gasteiger charge is 2.65. The van der Waals surface area contributed by atoms with Crippen LogP contribution in [0.2, 0.25) is 0 Å². The van der Waals surface area contributed by atoms with Gasteiger partial charge in [-0.05, 0) is 63.0 Å². The Balaban J connectivity index is 1.48. The number of carbonyl (C=O) groups is 2. The summed E-state index contributed by atoms with van der Waals surface area (Å²) in [6, 6.07) is 11.9. The first-order valence-corrected chi connectivity index (χ1v) is 15.0. The van der Waals surface area contributed by atoms with Crippen molar-refractivity contribution in [3.05, 3.63) is 70.8 Å². The third-order valence-corrected chi connectivity index (χ3v) is 10.3. The summed E-state index contributed by atoms with van der Waals surface area (Å²) in [7, 11) is 0. The second kappa shape index (κ2) is 9.37. The van der Waals surface area contributed by atoms with Gasteiger partial charge in [0.15, 0.2) is 0 Å². The number of fused-ring (bicyclic) bond motifs is 3. The summed E-state index contributed by atoms with van der Waals surface area (Å²) in [5, 5.41) is 0. The number of carbonyl (C=O) groups excluding carboxylic acids is 2. The Kier molecular flexibility index (Phi) is 6.37. The van der Waals surface area contributed by atoms with Gasteiger partial charge in [0.2, 0.25) is 0 Å². The molecule has 2 aromatic carbocycles. The van der Waals surface area contributed by atoms with Crippen LogP contribution in [0.15, 0.2) is 48.6 Å². The van der Waals surface area contributed by atoms with Crippen LogP contribution in [0.25, 0.3) is 0 Å². The molecule has 1 spiro atoms. The topological polar surface area (TPSA) is 65.1 Å². The maximum absolute atomic E-state index is 13.7. The molecule has 1 saturated carbocycles. The molecule has 2 heterocycles. The summed E-state index contributed by atoms with van der Waals surface area (Å²) in [6.45, 7) is 15.3. The van der Waals surface area contributed by atoms with Crippen molar-refractivity contribution < 1.29 is 23.8 Å². The molecule has 2 aliphatic carbocycles. The number of nitrogens with zero attached hydrogens (tertiary/aromatic N) is 1. The summed E-state index contributed by atoms with van der Waals surface area (Å²) in [5.41, 5.74) is 2.02. The molecule has 0 bridgehead atoms. The van der Waals surface area contributed by atoms with Crippen LogP contribution in [-0.4, -0.2) is 28.1 Å². The minimum absolute atomic E-state index is 0.0138. The molecule has 2 aliphatic heterocycles. The highest BCUT2D eigenvalue weighted by atomic mass is 16.6. The smallest absolute Gasteiger partial charge is 0.417 e. The van der Waals surface area contributed by atoms with E-state index in [-0.39, 0.29) is 23.3 Å². The number of allylic oxidation sites excluding steroid dienone is 1. The van der Waals surface area contributed by atoms with E-state index < -0.39 is 17.3 Å². The van der Waals surface area contributed by atoms with Gasteiger partial charge in [0.1, 0.15) is 29.3 Å². The van der Waals surface area contributed by atoms with Gasteiger partial charge in [-0.15, -0.1) is 0 Å². The predicted molar refractivity (Wildman–Crippen MR) is 158 cm³/mol. The molecule has 0 radical (unpaired) electrons. The molecule has 0 N–H and O–H groups in total. The summed E-state index contributed by atoms with van der Waals surface area (Å²) in [6.07, 6.45) is 7.88. The van der Waals surface area contributed by atoms with Crippen molar-refractivity contribution in [2.45, 2.75) is 98.5 Å². The van der Waals surface area contributed by atoms with E-state index in [9.17, 15) is 9.59 Å². The first-order valence-electron chi connectivity index (χ1n) is 15.0. The Hall–Kier alpha value is -3.28. The van der Waals surface area contributed by atoms with Crippen LogP contribution in [0, 0.1) is 22.7 Å². The number of amides is 2. The van der Waals surface area contributed by atoms with E-state index in [2.05, 4.69) is 39.8 Å². The molecule has 2 aromatic rings. The average molecular weight is 558 g/mol. The van der Waals surface area contributed by atoms with Gasteiger partial charge in [-0.1, -0.05) is 70.2 Å². The van der Waals surface area contributed by atoms with Crippen molar-refractivity contribution in [1.29, 1.82) is 0 Å². The zero-order valence-corrected chi connectivity index (χ0v) is 25.5. The highest BCUT2D eigenvalue weighted by molar-refractivity contribution is 6.07. The van der Waals surface area contributed by atoms with Gasteiger partial charge in [0, 0.05) is 28.9 Å². The van der Waals surface area contributed by atoms with Gasteiger partial charge in [0.25, 0.3) is 5.91 Å². The van der Waals surface area contributed by atoms with E-state index >= 15 is 0 Å². The summed E-state index contributed by atoms with van der Waals surface area (Å²) in [5.74, 6) is 1.81. The molecule has 2 amide bonds. The van der Waals surface area contributed by atoms with Crippen LogP contribution in [0.4, 0.5) is 4.79 Å². The molecule has 6 nitrogen and oxygen atoms in total. The second-order valence-corrected chi connectivity index (χ2v) is 14.4. The zero-order valence-electron chi connectivity index (χ0n) is 25.5. The fourth-order valence-corrected chi connectivity index (χ4v) is 7.95. The van der Waals surface area contributed by atoms with Crippen molar-refractivity contribution in [2.75, 3.05) is 0 Å². The number of benzene rings is 2. The Morgan fingerprint density at radius 1 is 1.10 bits per heavy atom. The van der Waals surface area contributed by atoms with Gasteiger partial charge >= 0.3 is 6.09 Å². The normalized spacial score (nSPS) is 29.5. The van der Waals surface area contributed by atoms with Crippen molar-refractivity contribution in [1.82, 2.24) is 4.90 Å². The van der Waals surface area contributed by atoms with Crippen LogP contribution in [-0.2, 0) is 24.3 Å². The van der Waals surface area contributed by atoms with Crippen molar-refractivity contribution in [2.24, 2.45) is 22.7 Å². The molecule has 0 saturated heterocycles. The van der Waals surface area contributed by atoms with Gasteiger partial charge in [-0.25, -0.2) is 9.69 Å². The SMILES string of the molecule is C[C@H]1CC[C@H]2C(C)(C)C=CC[C@]23Oc2c(c(OCc4ccccc4)cc4c2CN(C(=O)OC(C)(C)C)C4=O)C[C@]13C. The third-order valence-electron chi connectivity index (χ3n) is 10.3. The van der Waals surface area contributed by atoms with E-state index in [0.29, 0.717) is 29.8 Å². The molecule has 6 heteroatoms. The molecule has 41 heavy (non-hydrogen) atoms. The van der Waals surface area contributed by atoms with E-state index in [0.717, 1.165) is 48.1 Å². The monoisotopic (exact) mass is 557 g/mol. The Bertz CT molecular complexity index is 1420. The Morgan fingerprint density at radius 2 is 1.83 bits per heavy atom. The van der Waals surface area contributed by atoms with E-state index in [1.165, 1.54) is 4.90 Å². The number of hydrogen-bond acceptors (Lipinski definition) is 5. The Labute approximate surface area is 244 Å². The van der Waals surface area contributed by atoms with Crippen LogP contribution < -0.4 is 9.47 Å². The lowest BCUT2D eigenvalue weighted by Crippen LogP contribution is -2.67. The molecule has 0 aromatic heterocycles. The molecular weight excluding hydrogens is 514 g/mol. The molecule has 1 fully saturated rings. The second-order valence-electron chi connectivity index (χ2n) is 14.4. The van der Waals surface area contributed by atoms with E-state index in [4.69, 9.17) is 14.2 Å².